The summed E-state index contributed by atoms with van der Waals surface area (Å²) in [5.74, 6) is 4.15. The van der Waals surface area contributed by atoms with Crippen molar-refractivity contribution in [2.24, 2.45) is 0 Å². The normalized spacial score (nSPS) is 16.9. The Labute approximate surface area is 208 Å². The third kappa shape index (κ3) is 3.79. The molecule has 0 atom stereocenters. The van der Waals surface area contributed by atoms with Gasteiger partial charge in [-0.2, -0.15) is 0 Å². The Morgan fingerprint density at radius 3 is 2.67 bits per heavy atom. The van der Waals surface area contributed by atoms with Crippen molar-refractivity contribution in [2.45, 2.75) is 20.0 Å². The van der Waals surface area contributed by atoms with Crippen LogP contribution >= 0.6 is 0 Å². The first kappa shape index (κ1) is 22.3. The summed E-state index contributed by atoms with van der Waals surface area (Å²) in [4.78, 5) is 15.5. The topological polar surface area (TPSA) is 75.7 Å². The fourth-order valence-corrected chi connectivity index (χ4v) is 4.75. The third-order valence-corrected chi connectivity index (χ3v) is 6.56. The second-order valence-electron chi connectivity index (χ2n) is 8.87. The van der Waals surface area contributed by atoms with E-state index < -0.39 is 0 Å². The molecule has 0 aromatic heterocycles. The molecule has 0 amide bonds. The van der Waals surface area contributed by atoms with Gasteiger partial charge in [0, 0.05) is 24.7 Å². The molecule has 3 aliphatic heterocycles. The SMILES string of the molecule is COc1ccc(/C=C2\Oc3c4c(cc(C)c3C2=O)OCN(Cc2ccc3c(c2)OCO3)C4)c(OC)c1. The molecule has 0 fully saturated rings. The molecule has 0 aliphatic carbocycles. The summed E-state index contributed by atoms with van der Waals surface area (Å²) < 4.78 is 34.0. The van der Waals surface area contributed by atoms with Crippen LogP contribution in [-0.2, 0) is 13.1 Å². The number of ketones is 1. The summed E-state index contributed by atoms with van der Waals surface area (Å²) in [6.07, 6.45) is 1.71. The lowest BCUT2D eigenvalue weighted by Gasteiger charge is -2.30. The highest BCUT2D eigenvalue weighted by Gasteiger charge is 2.35. The van der Waals surface area contributed by atoms with Crippen LogP contribution in [0.2, 0.25) is 0 Å². The lowest BCUT2D eigenvalue weighted by atomic mass is 9.98. The van der Waals surface area contributed by atoms with Crippen molar-refractivity contribution in [1.29, 1.82) is 0 Å². The predicted molar refractivity (Wildman–Crippen MR) is 131 cm³/mol. The van der Waals surface area contributed by atoms with Gasteiger partial charge in [-0.3, -0.25) is 9.69 Å². The Bertz CT molecular complexity index is 1410. The Morgan fingerprint density at radius 2 is 1.83 bits per heavy atom. The number of methoxy groups -OCH3 is 2. The zero-order valence-electron chi connectivity index (χ0n) is 20.3. The van der Waals surface area contributed by atoms with Gasteiger partial charge in [0.25, 0.3) is 0 Å². The molecule has 0 unspecified atom stereocenters. The van der Waals surface area contributed by atoms with Crippen LogP contribution in [0.5, 0.6) is 34.5 Å². The van der Waals surface area contributed by atoms with Crippen molar-refractivity contribution < 1.29 is 33.2 Å². The van der Waals surface area contributed by atoms with Crippen LogP contribution in [-0.4, -0.2) is 38.4 Å². The maximum absolute atomic E-state index is 13.4. The Hall–Kier alpha value is -4.17. The summed E-state index contributed by atoms with van der Waals surface area (Å²) in [5, 5.41) is 0. The minimum absolute atomic E-state index is 0.156. The Morgan fingerprint density at radius 1 is 0.972 bits per heavy atom. The summed E-state index contributed by atoms with van der Waals surface area (Å²) in [5.41, 5.74) is 4.06. The minimum Gasteiger partial charge on any atom is -0.497 e. The summed E-state index contributed by atoms with van der Waals surface area (Å²) in [6, 6.07) is 13.3. The number of fused-ring (bicyclic) bond motifs is 4. The van der Waals surface area contributed by atoms with Gasteiger partial charge in [-0.05, 0) is 54.5 Å². The predicted octanol–water partition coefficient (Wildman–Crippen LogP) is 4.71. The average Bonchev–Trinajstić information content (AvgIpc) is 3.49. The quantitative estimate of drug-likeness (QED) is 0.479. The molecule has 3 aromatic rings. The highest BCUT2D eigenvalue weighted by Crippen LogP contribution is 2.44. The monoisotopic (exact) mass is 487 g/mol. The second kappa shape index (κ2) is 8.80. The van der Waals surface area contributed by atoms with Crippen LogP contribution < -0.4 is 28.4 Å². The van der Waals surface area contributed by atoms with Gasteiger partial charge in [0.15, 0.2) is 17.3 Å². The maximum atomic E-state index is 13.4. The molecule has 0 N–H and O–H groups in total. The van der Waals surface area contributed by atoms with Crippen LogP contribution in [0.3, 0.4) is 0 Å². The summed E-state index contributed by atoms with van der Waals surface area (Å²) in [7, 11) is 3.17. The van der Waals surface area contributed by atoms with Gasteiger partial charge in [0.2, 0.25) is 12.6 Å². The van der Waals surface area contributed by atoms with E-state index in [9.17, 15) is 4.79 Å². The largest absolute Gasteiger partial charge is 0.497 e. The van der Waals surface area contributed by atoms with E-state index in [4.69, 9.17) is 28.4 Å². The molecule has 184 valence electrons. The fraction of sp³-hybridized carbons (Fsp3) is 0.250. The molecule has 0 spiro atoms. The molecule has 8 nitrogen and oxygen atoms in total. The molecule has 0 saturated carbocycles. The van der Waals surface area contributed by atoms with Crippen molar-refractivity contribution in [3.8, 4) is 34.5 Å². The number of hydrogen-bond acceptors (Lipinski definition) is 8. The molecule has 3 aromatic carbocycles. The lowest BCUT2D eigenvalue weighted by Crippen LogP contribution is -2.31. The van der Waals surface area contributed by atoms with E-state index in [-0.39, 0.29) is 18.3 Å². The number of rotatable bonds is 5. The van der Waals surface area contributed by atoms with E-state index in [1.807, 2.05) is 43.3 Å². The van der Waals surface area contributed by atoms with E-state index in [1.54, 1.807) is 26.4 Å². The number of allylic oxidation sites excluding steroid dienone is 1. The number of ether oxygens (including phenoxy) is 6. The van der Waals surface area contributed by atoms with Crippen LogP contribution in [0, 0.1) is 6.92 Å². The number of nitrogens with zero attached hydrogens (tertiary/aromatic N) is 1. The van der Waals surface area contributed by atoms with Gasteiger partial charge in [-0.15, -0.1) is 0 Å². The zero-order valence-corrected chi connectivity index (χ0v) is 20.3. The Balaban J connectivity index is 1.29. The van der Waals surface area contributed by atoms with Gasteiger partial charge >= 0.3 is 0 Å². The first-order chi connectivity index (χ1) is 17.5. The summed E-state index contributed by atoms with van der Waals surface area (Å²) in [6.45, 7) is 3.81. The smallest absolute Gasteiger partial charge is 0.232 e. The van der Waals surface area contributed by atoms with Gasteiger partial charge in [-0.1, -0.05) is 6.07 Å². The highest BCUT2D eigenvalue weighted by atomic mass is 16.7. The molecule has 8 heteroatoms. The van der Waals surface area contributed by atoms with Crippen LogP contribution in [0.4, 0.5) is 0 Å². The molecular formula is C28H25NO7. The van der Waals surface area contributed by atoms with Crippen molar-refractivity contribution in [1.82, 2.24) is 4.90 Å². The van der Waals surface area contributed by atoms with Gasteiger partial charge in [0.05, 0.1) is 25.3 Å². The Kier molecular flexibility index (Phi) is 5.45. The molecule has 3 heterocycles. The number of Topliss-reactive ketones (excluding diaryl/α,β-unsaturated/α-hetero) is 1. The molecule has 0 saturated heterocycles. The summed E-state index contributed by atoms with van der Waals surface area (Å²) >= 11 is 0. The molecular weight excluding hydrogens is 462 g/mol. The van der Waals surface area contributed by atoms with Crippen molar-refractivity contribution in [3.05, 3.63) is 76.0 Å². The number of aryl methyl sites for hydroxylation is 1. The molecule has 0 radical (unpaired) electrons. The standard InChI is InChI=1S/C28H25NO7/c1-16-8-23-20(13-29(14-33-23)12-17-4-7-21-24(9-17)35-15-34-21)28-26(16)27(30)25(36-28)10-18-5-6-19(31-2)11-22(18)32-3/h4-11H,12-15H2,1-3H3/b25-10-. The fourth-order valence-electron chi connectivity index (χ4n) is 4.75. The van der Waals surface area contributed by atoms with Crippen LogP contribution in [0.1, 0.15) is 32.6 Å². The zero-order chi connectivity index (χ0) is 24.8. The highest BCUT2D eigenvalue weighted by molar-refractivity contribution is 6.16. The van der Waals surface area contributed by atoms with Crippen molar-refractivity contribution in [3.63, 3.8) is 0 Å². The van der Waals surface area contributed by atoms with E-state index >= 15 is 0 Å². The first-order valence-electron chi connectivity index (χ1n) is 11.6. The lowest BCUT2D eigenvalue weighted by molar-refractivity contribution is 0.0871. The van der Waals surface area contributed by atoms with Gasteiger partial charge in [0.1, 0.15) is 29.7 Å². The molecule has 0 bridgehead atoms. The van der Waals surface area contributed by atoms with Crippen LogP contribution in [0.25, 0.3) is 6.08 Å². The maximum Gasteiger partial charge on any atom is 0.232 e. The number of benzene rings is 3. The van der Waals surface area contributed by atoms with Crippen molar-refractivity contribution in [2.75, 3.05) is 27.7 Å². The second-order valence-corrected chi connectivity index (χ2v) is 8.87. The number of carbonyl (C=O) groups excluding carboxylic acids is 1. The van der Waals surface area contributed by atoms with Gasteiger partial charge < -0.3 is 28.4 Å². The van der Waals surface area contributed by atoms with E-state index in [1.165, 1.54) is 0 Å². The van der Waals surface area contributed by atoms with E-state index in [0.717, 1.165) is 39.5 Å². The molecule has 36 heavy (non-hydrogen) atoms. The molecule has 3 aliphatic rings. The van der Waals surface area contributed by atoms with Gasteiger partial charge in [-0.25, -0.2) is 0 Å². The van der Waals surface area contributed by atoms with Crippen LogP contribution in [0.15, 0.2) is 48.2 Å². The van der Waals surface area contributed by atoms with E-state index in [0.29, 0.717) is 42.6 Å². The number of hydrogen-bond donors (Lipinski definition) is 0. The third-order valence-electron chi connectivity index (χ3n) is 6.56. The molecule has 6 rings (SSSR count). The minimum atomic E-state index is -0.156. The first-order valence-corrected chi connectivity index (χ1v) is 11.6. The van der Waals surface area contributed by atoms with E-state index in [2.05, 4.69) is 4.90 Å². The number of carbonyl (C=O) groups is 1. The van der Waals surface area contributed by atoms with Crippen molar-refractivity contribution >= 4 is 11.9 Å². The average molecular weight is 488 g/mol.